The molecule has 1 saturated heterocycles. The number of nitrogens with two attached hydrogens (primary N) is 1. The molecule has 102 valence electrons. The van der Waals surface area contributed by atoms with E-state index in [9.17, 15) is 0 Å². The third-order valence-corrected chi connectivity index (χ3v) is 3.71. The highest BCUT2D eigenvalue weighted by atomic mass is 16.5. The van der Waals surface area contributed by atoms with E-state index in [0.717, 1.165) is 49.7 Å². The van der Waals surface area contributed by atoms with Crippen molar-refractivity contribution in [1.82, 2.24) is 20.3 Å². The largest absolute Gasteiger partial charge is 0.361 e. The lowest BCUT2D eigenvalue weighted by molar-refractivity contribution is 0.398. The molecule has 3 N–H and O–H groups in total. The molecule has 0 aliphatic carbocycles. The Kier molecular flexibility index (Phi) is 3.20. The summed E-state index contributed by atoms with van der Waals surface area (Å²) in [5.41, 5.74) is 6.56. The third-order valence-electron chi connectivity index (χ3n) is 3.71. The Morgan fingerprint density at radius 3 is 2.89 bits per heavy atom. The summed E-state index contributed by atoms with van der Waals surface area (Å²) < 4.78 is 5.04. The Morgan fingerprint density at radius 1 is 1.47 bits per heavy atom. The zero-order valence-corrected chi connectivity index (χ0v) is 11.0. The maximum absolute atomic E-state index is 5.70. The lowest BCUT2D eigenvalue weighted by atomic mass is 9.97. The highest BCUT2D eigenvalue weighted by Gasteiger charge is 2.21. The van der Waals surface area contributed by atoms with E-state index in [1.807, 2.05) is 6.92 Å². The average molecular weight is 262 g/mol. The van der Waals surface area contributed by atoms with Crippen molar-refractivity contribution in [3.63, 3.8) is 0 Å². The van der Waals surface area contributed by atoms with Crippen LogP contribution in [0.4, 0.5) is 5.95 Å². The van der Waals surface area contributed by atoms with Crippen LogP contribution in [0.1, 0.15) is 18.6 Å². The molecule has 0 atom stereocenters. The molecule has 0 aromatic carbocycles. The van der Waals surface area contributed by atoms with E-state index in [0.29, 0.717) is 11.7 Å². The molecule has 1 fully saturated rings. The first-order chi connectivity index (χ1) is 9.28. The van der Waals surface area contributed by atoms with Crippen molar-refractivity contribution in [2.45, 2.75) is 19.8 Å². The van der Waals surface area contributed by atoms with Crippen molar-refractivity contribution in [3.8, 4) is 11.4 Å². The van der Waals surface area contributed by atoms with Crippen LogP contribution in [0.25, 0.3) is 11.4 Å². The van der Waals surface area contributed by atoms with Crippen LogP contribution in [0.2, 0.25) is 0 Å². The predicted molar refractivity (Wildman–Crippen MR) is 70.6 cm³/mol. The van der Waals surface area contributed by atoms with Gasteiger partial charge in [-0.1, -0.05) is 5.16 Å². The van der Waals surface area contributed by atoms with E-state index >= 15 is 0 Å². The maximum Gasteiger partial charge on any atom is 0.245 e. The molecule has 3 heterocycles. The van der Waals surface area contributed by atoms with Crippen LogP contribution >= 0.6 is 0 Å². The fourth-order valence-electron chi connectivity index (χ4n) is 2.41. The zero-order valence-electron chi connectivity index (χ0n) is 11.0. The van der Waals surface area contributed by atoms with E-state index in [1.165, 1.54) is 0 Å². The molecular weight excluding hydrogens is 244 g/mol. The number of nitrogens with zero attached hydrogens (tertiary/aromatic N) is 4. The molecule has 3 rings (SSSR count). The molecule has 0 radical (unpaired) electrons. The number of aromatic nitrogens is 4. The minimum absolute atomic E-state index is 0.634. The third kappa shape index (κ3) is 2.33. The fraction of sp³-hybridized carbons (Fsp3) is 0.583. The summed E-state index contributed by atoms with van der Waals surface area (Å²) >= 11 is 0. The Hall–Kier alpha value is -1.89. The minimum Gasteiger partial charge on any atom is -0.361 e. The highest BCUT2D eigenvalue weighted by molar-refractivity contribution is 5.57. The lowest BCUT2D eigenvalue weighted by Crippen LogP contribution is -2.36. The van der Waals surface area contributed by atoms with E-state index in [4.69, 9.17) is 10.3 Å². The van der Waals surface area contributed by atoms with Gasteiger partial charge in [-0.3, -0.25) is 5.10 Å². The molecule has 0 saturated carbocycles. The Morgan fingerprint density at radius 2 is 2.26 bits per heavy atom. The monoisotopic (exact) mass is 262 g/mol. The molecule has 0 bridgehead atoms. The molecule has 0 spiro atoms. The fourth-order valence-corrected chi connectivity index (χ4v) is 2.41. The second-order valence-electron chi connectivity index (χ2n) is 4.95. The highest BCUT2D eigenvalue weighted by Crippen LogP contribution is 2.23. The molecule has 7 heteroatoms. The van der Waals surface area contributed by atoms with Crippen molar-refractivity contribution < 1.29 is 4.52 Å². The van der Waals surface area contributed by atoms with E-state index in [1.54, 1.807) is 6.20 Å². The Bertz CT molecular complexity index is 540. The quantitative estimate of drug-likeness (QED) is 0.854. The van der Waals surface area contributed by atoms with Gasteiger partial charge in [0.2, 0.25) is 5.95 Å². The van der Waals surface area contributed by atoms with Gasteiger partial charge < -0.3 is 15.2 Å². The Balaban J connectivity index is 1.74. The topological polar surface area (TPSA) is 96.9 Å². The molecule has 2 aromatic heterocycles. The maximum atomic E-state index is 5.70. The number of nitrogens with one attached hydrogen (secondary N) is 1. The predicted octanol–water partition coefficient (Wildman–Crippen LogP) is 0.943. The first-order valence-electron chi connectivity index (χ1n) is 6.57. The summed E-state index contributed by atoms with van der Waals surface area (Å²) in [6, 6.07) is 0. The summed E-state index contributed by atoms with van der Waals surface area (Å²) in [5, 5.41) is 11.0. The summed E-state index contributed by atoms with van der Waals surface area (Å²) in [6.07, 6.45) is 3.86. The van der Waals surface area contributed by atoms with Crippen LogP contribution in [-0.4, -0.2) is 40.0 Å². The standard InChI is InChI=1S/C12H18N6O/c1-8-10(7-14-19-8)11-15-12(17-16-11)18-4-2-9(6-13)3-5-18/h7,9H,2-6,13H2,1H3,(H,15,16,17). The number of hydrogen-bond acceptors (Lipinski definition) is 6. The van der Waals surface area contributed by atoms with Gasteiger partial charge in [0.05, 0.1) is 11.8 Å². The number of piperidine rings is 1. The molecule has 7 nitrogen and oxygen atoms in total. The first kappa shape index (κ1) is 12.2. The minimum atomic E-state index is 0.634. The molecule has 1 aliphatic rings. The molecule has 19 heavy (non-hydrogen) atoms. The second kappa shape index (κ2) is 5.00. The Labute approximate surface area is 111 Å². The normalized spacial score (nSPS) is 17.1. The van der Waals surface area contributed by atoms with Gasteiger partial charge in [0.15, 0.2) is 5.82 Å². The SMILES string of the molecule is Cc1oncc1-c1nc(N2CCC(CN)CC2)n[nH]1. The van der Waals surface area contributed by atoms with Crippen molar-refractivity contribution >= 4 is 5.95 Å². The van der Waals surface area contributed by atoms with Crippen LogP contribution in [0.5, 0.6) is 0 Å². The number of rotatable bonds is 3. The van der Waals surface area contributed by atoms with Crippen molar-refractivity contribution in [1.29, 1.82) is 0 Å². The van der Waals surface area contributed by atoms with E-state index in [-0.39, 0.29) is 0 Å². The van der Waals surface area contributed by atoms with E-state index in [2.05, 4.69) is 25.2 Å². The molecule has 2 aromatic rings. The van der Waals surface area contributed by atoms with Gasteiger partial charge >= 0.3 is 0 Å². The van der Waals surface area contributed by atoms with Crippen molar-refractivity contribution in [2.24, 2.45) is 11.7 Å². The van der Waals surface area contributed by atoms with Gasteiger partial charge in [0, 0.05) is 13.1 Å². The molecule has 0 amide bonds. The van der Waals surface area contributed by atoms with Crippen LogP contribution in [-0.2, 0) is 0 Å². The van der Waals surface area contributed by atoms with Crippen LogP contribution in [0, 0.1) is 12.8 Å². The van der Waals surface area contributed by atoms with Gasteiger partial charge in [-0.2, -0.15) is 4.98 Å². The summed E-state index contributed by atoms with van der Waals surface area (Å²) in [5.74, 6) is 2.82. The van der Waals surface area contributed by atoms with Gasteiger partial charge in [0.1, 0.15) is 5.76 Å². The summed E-state index contributed by atoms with van der Waals surface area (Å²) in [4.78, 5) is 6.71. The number of aryl methyl sites for hydroxylation is 1. The number of hydrogen-bond donors (Lipinski definition) is 2. The van der Waals surface area contributed by atoms with Gasteiger partial charge in [-0.25, -0.2) is 0 Å². The van der Waals surface area contributed by atoms with Crippen molar-refractivity contribution in [3.05, 3.63) is 12.0 Å². The molecule has 0 unspecified atom stereocenters. The first-order valence-corrected chi connectivity index (χ1v) is 6.57. The zero-order chi connectivity index (χ0) is 13.2. The van der Waals surface area contributed by atoms with E-state index < -0.39 is 0 Å². The van der Waals surface area contributed by atoms with Crippen LogP contribution in [0.3, 0.4) is 0 Å². The smallest absolute Gasteiger partial charge is 0.245 e. The second-order valence-corrected chi connectivity index (χ2v) is 4.95. The number of anilines is 1. The van der Waals surface area contributed by atoms with Gasteiger partial charge in [-0.05, 0) is 32.2 Å². The van der Waals surface area contributed by atoms with Crippen LogP contribution < -0.4 is 10.6 Å². The number of aromatic amines is 1. The molecular formula is C12H18N6O. The molecule has 1 aliphatic heterocycles. The number of H-pyrrole nitrogens is 1. The van der Waals surface area contributed by atoms with Gasteiger partial charge in [0.25, 0.3) is 0 Å². The van der Waals surface area contributed by atoms with Gasteiger partial charge in [-0.15, -0.1) is 5.10 Å². The van der Waals surface area contributed by atoms with Crippen LogP contribution in [0.15, 0.2) is 10.7 Å². The lowest BCUT2D eigenvalue weighted by Gasteiger charge is -2.30. The van der Waals surface area contributed by atoms with Crippen molar-refractivity contribution in [2.75, 3.05) is 24.5 Å². The summed E-state index contributed by atoms with van der Waals surface area (Å²) in [7, 11) is 0. The average Bonchev–Trinajstić information content (AvgIpc) is 3.07. The summed E-state index contributed by atoms with van der Waals surface area (Å²) in [6.45, 7) is 4.55.